The van der Waals surface area contributed by atoms with Crippen LogP contribution < -0.4 is 4.74 Å². The molecular weight excluding hydrogens is 296 g/mol. The van der Waals surface area contributed by atoms with E-state index in [1.54, 1.807) is 18.4 Å². The lowest BCUT2D eigenvalue weighted by Gasteiger charge is -2.14. The molecule has 90 valence electrons. The zero-order chi connectivity index (χ0) is 12.4. The highest BCUT2D eigenvalue weighted by molar-refractivity contribution is 9.09. The molecule has 0 saturated carbocycles. The lowest BCUT2D eigenvalue weighted by Crippen LogP contribution is -1.96. The van der Waals surface area contributed by atoms with Crippen LogP contribution in [-0.4, -0.2) is 7.11 Å². The maximum absolute atomic E-state index is 5.39. The number of hydrogen-bond acceptors (Lipinski definition) is 2. The SMILES string of the molecule is COc1c(C)cc(C(Br)c2ccsc2)cc1C. The summed E-state index contributed by atoms with van der Waals surface area (Å²) in [5.41, 5.74) is 4.95. The van der Waals surface area contributed by atoms with Crippen LogP contribution >= 0.6 is 27.3 Å². The minimum absolute atomic E-state index is 0.261. The molecular formula is C14H15BrOS. The number of methoxy groups -OCH3 is 1. The van der Waals surface area contributed by atoms with Gasteiger partial charge in [0, 0.05) is 0 Å². The van der Waals surface area contributed by atoms with Crippen LogP contribution in [0.5, 0.6) is 5.75 Å². The molecule has 1 nitrogen and oxygen atoms in total. The van der Waals surface area contributed by atoms with Crippen LogP contribution in [0.4, 0.5) is 0 Å². The average Bonchev–Trinajstić information content (AvgIpc) is 2.81. The van der Waals surface area contributed by atoms with Gasteiger partial charge in [-0.25, -0.2) is 0 Å². The first-order valence-electron chi connectivity index (χ1n) is 5.44. The minimum Gasteiger partial charge on any atom is -0.496 e. The lowest BCUT2D eigenvalue weighted by molar-refractivity contribution is 0.408. The maximum atomic E-state index is 5.39. The van der Waals surface area contributed by atoms with Crippen molar-refractivity contribution < 1.29 is 4.74 Å². The molecule has 0 aliphatic rings. The first kappa shape index (κ1) is 12.7. The van der Waals surface area contributed by atoms with Crippen LogP contribution in [0.1, 0.15) is 27.1 Å². The summed E-state index contributed by atoms with van der Waals surface area (Å²) in [5, 5.41) is 4.28. The molecule has 0 radical (unpaired) electrons. The van der Waals surface area contributed by atoms with E-state index in [0.717, 1.165) is 5.75 Å². The molecule has 0 aliphatic carbocycles. The van der Waals surface area contributed by atoms with E-state index < -0.39 is 0 Å². The summed E-state index contributed by atoms with van der Waals surface area (Å²) in [6.45, 7) is 4.17. The van der Waals surface area contributed by atoms with Crippen LogP contribution in [0.3, 0.4) is 0 Å². The maximum Gasteiger partial charge on any atom is 0.124 e. The Balaban J connectivity index is 2.40. The van der Waals surface area contributed by atoms with E-state index in [2.05, 4.69) is 58.7 Å². The number of ether oxygens (including phenoxy) is 1. The summed E-state index contributed by atoms with van der Waals surface area (Å²) in [6.07, 6.45) is 0. The number of thiophene rings is 1. The fourth-order valence-electron chi connectivity index (χ4n) is 2.06. The Labute approximate surface area is 115 Å². The first-order valence-corrected chi connectivity index (χ1v) is 7.30. The molecule has 17 heavy (non-hydrogen) atoms. The second kappa shape index (κ2) is 5.23. The van der Waals surface area contributed by atoms with Gasteiger partial charge >= 0.3 is 0 Å². The highest BCUT2D eigenvalue weighted by Gasteiger charge is 2.13. The summed E-state index contributed by atoms with van der Waals surface area (Å²) in [7, 11) is 1.72. The van der Waals surface area contributed by atoms with Crippen molar-refractivity contribution in [2.45, 2.75) is 18.7 Å². The van der Waals surface area contributed by atoms with Crippen molar-refractivity contribution in [2.75, 3.05) is 7.11 Å². The zero-order valence-electron chi connectivity index (χ0n) is 10.2. The van der Waals surface area contributed by atoms with Gasteiger partial charge in [-0.05, 0) is 52.9 Å². The van der Waals surface area contributed by atoms with E-state index in [4.69, 9.17) is 4.74 Å². The average molecular weight is 311 g/mol. The van der Waals surface area contributed by atoms with Crippen molar-refractivity contribution in [3.63, 3.8) is 0 Å². The molecule has 0 saturated heterocycles. The van der Waals surface area contributed by atoms with Crippen LogP contribution in [0, 0.1) is 13.8 Å². The number of benzene rings is 1. The normalized spacial score (nSPS) is 12.5. The van der Waals surface area contributed by atoms with Gasteiger partial charge in [-0.2, -0.15) is 11.3 Å². The van der Waals surface area contributed by atoms with Crippen LogP contribution in [0.25, 0.3) is 0 Å². The Bertz CT molecular complexity index is 482. The Morgan fingerprint density at radius 2 is 1.82 bits per heavy atom. The largest absolute Gasteiger partial charge is 0.496 e. The molecule has 0 aliphatic heterocycles. The van der Waals surface area contributed by atoms with Gasteiger partial charge in [-0.15, -0.1) is 0 Å². The minimum atomic E-state index is 0.261. The Hall–Kier alpha value is -0.800. The molecule has 3 heteroatoms. The van der Waals surface area contributed by atoms with Crippen LogP contribution in [0.15, 0.2) is 29.0 Å². The van der Waals surface area contributed by atoms with Gasteiger partial charge < -0.3 is 4.74 Å². The third-order valence-electron chi connectivity index (χ3n) is 2.82. The molecule has 1 aromatic heterocycles. The number of aryl methyl sites for hydroxylation is 2. The van der Waals surface area contributed by atoms with Crippen molar-refractivity contribution in [1.29, 1.82) is 0 Å². The van der Waals surface area contributed by atoms with Gasteiger partial charge in [-0.3, -0.25) is 0 Å². The third kappa shape index (κ3) is 2.55. The van der Waals surface area contributed by atoms with Crippen LogP contribution in [-0.2, 0) is 0 Å². The van der Waals surface area contributed by atoms with E-state index in [-0.39, 0.29) is 4.83 Å². The predicted octanol–water partition coefficient (Wildman–Crippen LogP) is 4.86. The Kier molecular flexibility index (Phi) is 3.89. The monoisotopic (exact) mass is 310 g/mol. The van der Waals surface area contributed by atoms with Crippen molar-refractivity contribution in [1.82, 2.24) is 0 Å². The quantitative estimate of drug-likeness (QED) is 0.736. The molecule has 0 N–H and O–H groups in total. The summed E-state index contributed by atoms with van der Waals surface area (Å²) in [5.74, 6) is 0.985. The summed E-state index contributed by atoms with van der Waals surface area (Å²) in [4.78, 5) is 0.261. The van der Waals surface area contributed by atoms with E-state index in [9.17, 15) is 0 Å². The summed E-state index contributed by atoms with van der Waals surface area (Å²) < 4.78 is 5.39. The molecule has 0 amide bonds. The van der Waals surface area contributed by atoms with Crippen molar-refractivity contribution >= 4 is 27.3 Å². The van der Waals surface area contributed by atoms with Crippen molar-refractivity contribution in [3.05, 3.63) is 51.2 Å². The topological polar surface area (TPSA) is 9.23 Å². The predicted molar refractivity (Wildman–Crippen MR) is 77.6 cm³/mol. The van der Waals surface area contributed by atoms with E-state index in [0.29, 0.717) is 0 Å². The second-order valence-electron chi connectivity index (χ2n) is 4.11. The van der Waals surface area contributed by atoms with Gasteiger partial charge in [0.15, 0.2) is 0 Å². The second-order valence-corrected chi connectivity index (χ2v) is 5.80. The smallest absolute Gasteiger partial charge is 0.124 e. The van der Waals surface area contributed by atoms with Gasteiger partial charge in [0.1, 0.15) is 5.75 Å². The molecule has 1 unspecified atom stereocenters. The fraction of sp³-hybridized carbons (Fsp3) is 0.286. The molecule has 1 heterocycles. The molecule has 1 atom stereocenters. The zero-order valence-corrected chi connectivity index (χ0v) is 12.6. The van der Waals surface area contributed by atoms with Gasteiger partial charge in [0.05, 0.1) is 11.9 Å². The van der Waals surface area contributed by atoms with E-state index >= 15 is 0 Å². The molecule has 1 aromatic carbocycles. The van der Waals surface area contributed by atoms with Gasteiger partial charge in [0.2, 0.25) is 0 Å². The highest BCUT2D eigenvalue weighted by Crippen LogP contribution is 2.35. The Morgan fingerprint density at radius 1 is 1.18 bits per heavy atom. The van der Waals surface area contributed by atoms with Crippen molar-refractivity contribution in [2.24, 2.45) is 0 Å². The molecule has 2 aromatic rings. The first-order chi connectivity index (χ1) is 8.13. The number of hydrogen-bond donors (Lipinski definition) is 0. The molecule has 0 fully saturated rings. The standard InChI is InChI=1S/C14H15BrOS/c1-9-6-12(7-10(2)14(9)16-3)13(15)11-4-5-17-8-11/h4-8,13H,1-3H3. The van der Waals surface area contributed by atoms with Crippen LogP contribution in [0.2, 0.25) is 0 Å². The summed E-state index contributed by atoms with van der Waals surface area (Å²) in [6, 6.07) is 6.52. The Morgan fingerprint density at radius 3 is 2.29 bits per heavy atom. The molecule has 0 bridgehead atoms. The highest BCUT2D eigenvalue weighted by atomic mass is 79.9. The number of alkyl halides is 1. The van der Waals surface area contributed by atoms with E-state index in [1.165, 1.54) is 22.3 Å². The lowest BCUT2D eigenvalue weighted by atomic mass is 10.0. The van der Waals surface area contributed by atoms with E-state index in [1.807, 2.05) is 0 Å². The van der Waals surface area contributed by atoms with Gasteiger partial charge in [-0.1, -0.05) is 28.1 Å². The molecule has 2 rings (SSSR count). The summed E-state index contributed by atoms with van der Waals surface area (Å²) >= 11 is 5.48. The number of halogens is 1. The number of rotatable bonds is 3. The molecule has 0 spiro atoms. The third-order valence-corrected chi connectivity index (χ3v) is 4.57. The van der Waals surface area contributed by atoms with Gasteiger partial charge in [0.25, 0.3) is 0 Å². The fourth-order valence-corrected chi connectivity index (χ4v) is 3.47. The van der Waals surface area contributed by atoms with Crippen molar-refractivity contribution in [3.8, 4) is 5.75 Å².